The minimum atomic E-state index is -4.07. The normalized spacial score (nSPS) is 23.4. The lowest BCUT2D eigenvalue weighted by molar-refractivity contribution is -0.146. The number of halogens is 3. The molecule has 1 rings (SSSR count). The van der Waals surface area contributed by atoms with Gasteiger partial charge in [-0.05, 0) is 25.9 Å². The molecule has 0 unspecified atom stereocenters. The molecular formula is C9H17F3N2. The molecule has 5 heteroatoms. The van der Waals surface area contributed by atoms with Crippen LogP contribution in [0.25, 0.3) is 0 Å². The molecule has 1 N–H and O–H groups in total. The van der Waals surface area contributed by atoms with E-state index >= 15 is 0 Å². The molecule has 1 atom stereocenters. The molecule has 84 valence electrons. The summed E-state index contributed by atoms with van der Waals surface area (Å²) in [5.41, 5.74) is 0. The zero-order valence-corrected chi connectivity index (χ0v) is 8.40. The summed E-state index contributed by atoms with van der Waals surface area (Å²) in [4.78, 5) is 1.45. The Bertz CT molecular complexity index is 164. The highest BCUT2D eigenvalue weighted by atomic mass is 19.4. The third-order valence-corrected chi connectivity index (χ3v) is 2.49. The molecule has 0 spiro atoms. The van der Waals surface area contributed by atoms with Gasteiger partial charge in [0.15, 0.2) is 0 Å². The van der Waals surface area contributed by atoms with Crippen molar-refractivity contribution in [2.75, 3.05) is 26.2 Å². The Balaban J connectivity index is 2.30. The Kier molecular flexibility index (Phi) is 4.19. The summed E-state index contributed by atoms with van der Waals surface area (Å²) >= 11 is 0. The van der Waals surface area contributed by atoms with Crippen LogP contribution >= 0.6 is 0 Å². The number of hydrogen-bond donors (Lipinski definition) is 1. The van der Waals surface area contributed by atoms with Gasteiger partial charge < -0.3 is 5.32 Å². The van der Waals surface area contributed by atoms with Crippen molar-refractivity contribution in [1.82, 2.24) is 10.2 Å². The fourth-order valence-corrected chi connectivity index (χ4v) is 1.78. The second-order valence-corrected chi connectivity index (χ2v) is 3.74. The molecule has 1 fully saturated rings. The van der Waals surface area contributed by atoms with Crippen LogP contribution in [0.2, 0.25) is 0 Å². The molecule has 0 aromatic carbocycles. The Morgan fingerprint density at radius 2 is 2.14 bits per heavy atom. The number of nitrogens with one attached hydrogen (secondary N) is 1. The van der Waals surface area contributed by atoms with Crippen molar-refractivity contribution in [3.05, 3.63) is 0 Å². The van der Waals surface area contributed by atoms with E-state index in [0.29, 0.717) is 13.1 Å². The van der Waals surface area contributed by atoms with E-state index in [-0.39, 0.29) is 6.04 Å². The number of rotatable bonds is 4. The van der Waals surface area contributed by atoms with Gasteiger partial charge in [0, 0.05) is 12.6 Å². The number of nitrogens with zero attached hydrogens (tertiary/aromatic N) is 1. The Morgan fingerprint density at radius 3 is 2.57 bits per heavy atom. The second-order valence-electron chi connectivity index (χ2n) is 3.74. The molecule has 0 aliphatic carbocycles. The summed E-state index contributed by atoms with van der Waals surface area (Å²) in [5.74, 6) is 0. The SMILES string of the molecule is CCN(C[C@@H]1CCCN1)CC(F)(F)F. The van der Waals surface area contributed by atoms with E-state index in [1.807, 2.05) is 0 Å². The Morgan fingerprint density at radius 1 is 1.43 bits per heavy atom. The van der Waals surface area contributed by atoms with Crippen molar-refractivity contribution in [3.63, 3.8) is 0 Å². The number of alkyl halides is 3. The molecule has 1 aliphatic rings. The summed E-state index contributed by atoms with van der Waals surface area (Å²) < 4.78 is 36.3. The lowest BCUT2D eigenvalue weighted by Crippen LogP contribution is -2.42. The predicted molar refractivity (Wildman–Crippen MR) is 49.2 cm³/mol. The first-order valence-electron chi connectivity index (χ1n) is 5.04. The quantitative estimate of drug-likeness (QED) is 0.758. The summed E-state index contributed by atoms with van der Waals surface area (Å²) in [6.07, 6.45) is -2.00. The van der Waals surface area contributed by atoms with E-state index in [1.165, 1.54) is 4.90 Å². The van der Waals surface area contributed by atoms with Crippen molar-refractivity contribution >= 4 is 0 Å². The van der Waals surface area contributed by atoms with Crippen molar-refractivity contribution in [2.45, 2.75) is 32.0 Å². The minimum absolute atomic E-state index is 0.247. The molecule has 0 amide bonds. The average Bonchev–Trinajstić information content (AvgIpc) is 2.53. The maximum atomic E-state index is 12.1. The Labute approximate surface area is 82.5 Å². The van der Waals surface area contributed by atoms with Crippen LogP contribution in [-0.2, 0) is 0 Å². The van der Waals surface area contributed by atoms with Crippen molar-refractivity contribution < 1.29 is 13.2 Å². The molecule has 0 bridgehead atoms. The van der Waals surface area contributed by atoms with E-state index in [2.05, 4.69) is 5.32 Å². The third kappa shape index (κ3) is 4.28. The molecule has 1 heterocycles. The van der Waals surface area contributed by atoms with Gasteiger partial charge >= 0.3 is 6.18 Å². The molecule has 1 saturated heterocycles. The van der Waals surface area contributed by atoms with Gasteiger partial charge in [-0.1, -0.05) is 6.92 Å². The molecule has 0 radical (unpaired) electrons. The minimum Gasteiger partial charge on any atom is -0.313 e. The maximum absolute atomic E-state index is 12.1. The van der Waals surface area contributed by atoms with Crippen molar-refractivity contribution in [3.8, 4) is 0 Å². The average molecular weight is 210 g/mol. The van der Waals surface area contributed by atoms with Crippen LogP contribution in [0.3, 0.4) is 0 Å². The molecule has 1 aliphatic heterocycles. The topological polar surface area (TPSA) is 15.3 Å². The van der Waals surface area contributed by atoms with Gasteiger partial charge in [0.2, 0.25) is 0 Å². The summed E-state index contributed by atoms with van der Waals surface area (Å²) in [6.45, 7) is 2.88. The summed E-state index contributed by atoms with van der Waals surface area (Å²) in [5, 5.41) is 3.20. The molecule has 0 aromatic rings. The molecular weight excluding hydrogens is 193 g/mol. The van der Waals surface area contributed by atoms with Crippen LogP contribution in [0.4, 0.5) is 13.2 Å². The summed E-state index contributed by atoms with van der Waals surface area (Å²) in [6, 6.07) is 0.247. The molecule has 14 heavy (non-hydrogen) atoms. The fraction of sp³-hybridized carbons (Fsp3) is 1.00. The zero-order valence-electron chi connectivity index (χ0n) is 8.40. The fourth-order valence-electron chi connectivity index (χ4n) is 1.78. The van der Waals surface area contributed by atoms with Crippen LogP contribution in [0, 0.1) is 0 Å². The first-order chi connectivity index (χ1) is 6.51. The van der Waals surface area contributed by atoms with Gasteiger partial charge in [-0.25, -0.2) is 0 Å². The molecule has 0 saturated carbocycles. The van der Waals surface area contributed by atoms with Crippen LogP contribution in [0.5, 0.6) is 0 Å². The largest absolute Gasteiger partial charge is 0.401 e. The predicted octanol–water partition coefficient (Wildman–Crippen LogP) is 1.62. The first-order valence-corrected chi connectivity index (χ1v) is 5.04. The second kappa shape index (κ2) is 4.98. The smallest absolute Gasteiger partial charge is 0.313 e. The lowest BCUT2D eigenvalue weighted by Gasteiger charge is -2.25. The summed E-state index contributed by atoms with van der Waals surface area (Å²) in [7, 11) is 0. The van der Waals surface area contributed by atoms with Gasteiger partial charge in [0.1, 0.15) is 0 Å². The van der Waals surface area contributed by atoms with Crippen LogP contribution in [0.1, 0.15) is 19.8 Å². The van der Waals surface area contributed by atoms with Gasteiger partial charge in [-0.2, -0.15) is 13.2 Å². The van der Waals surface area contributed by atoms with Crippen LogP contribution in [-0.4, -0.2) is 43.3 Å². The highest BCUT2D eigenvalue weighted by Gasteiger charge is 2.31. The van der Waals surface area contributed by atoms with Crippen LogP contribution in [0.15, 0.2) is 0 Å². The van der Waals surface area contributed by atoms with Crippen molar-refractivity contribution in [1.29, 1.82) is 0 Å². The highest BCUT2D eigenvalue weighted by Crippen LogP contribution is 2.17. The molecule has 0 aromatic heterocycles. The lowest BCUT2D eigenvalue weighted by atomic mass is 10.2. The van der Waals surface area contributed by atoms with Crippen molar-refractivity contribution in [2.24, 2.45) is 0 Å². The number of likely N-dealkylation sites (N-methyl/N-ethyl adjacent to an activating group) is 1. The van der Waals surface area contributed by atoms with Gasteiger partial charge in [-0.15, -0.1) is 0 Å². The van der Waals surface area contributed by atoms with Crippen LogP contribution < -0.4 is 5.32 Å². The van der Waals surface area contributed by atoms with E-state index < -0.39 is 12.7 Å². The zero-order chi connectivity index (χ0) is 10.6. The Hall–Kier alpha value is -0.290. The standard InChI is InChI=1S/C9H17F3N2/c1-2-14(7-9(10,11)12)6-8-4-3-5-13-8/h8,13H,2-7H2,1H3/t8-/m0/s1. The van der Waals surface area contributed by atoms with E-state index in [4.69, 9.17) is 0 Å². The maximum Gasteiger partial charge on any atom is 0.401 e. The highest BCUT2D eigenvalue weighted by molar-refractivity contribution is 4.78. The van der Waals surface area contributed by atoms with Gasteiger partial charge in [-0.3, -0.25) is 4.90 Å². The molecule has 2 nitrogen and oxygen atoms in total. The number of hydrogen-bond acceptors (Lipinski definition) is 2. The van der Waals surface area contributed by atoms with E-state index in [0.717, 1.165) is 19.4 Å². The van der Waals surface area contributed by atoms with E-state index in [9.17, 15) is 13.2 Å². The first kappa shape index (κ1) is 11.8. The third-order valence-electron chi connectivity index (χ3n) is 2.49. The monoisotopic (exact) mass is 210 g/mol. The van der Waals surface area contributed by atoms with E-state index in [1.54, 1.807) is 6.92 Å². The van der Waals surface area contributed by atoms with Gasteiger partial charge in [0.25, 0.3) is 0 Å². The van der Waals surface area contributed by atoms with Gasteiger partial charge in [0.05, 0.1) is 6.54 Å².